The summed E-state index contributed by atoms with van der Waals surface area (Å²) in [6.07, 6.45) is 0. The molecule has 98 valence electrons. The maximum Gasteiger partial charge on any atom is 0.276 e. The molecule has 0 radical (unpaired) electrons. The first kappa shape index (κ1) is 14.4. The number of nitro groups is 1. The summed E-state index contributed by atoms with van der Waals surface area (Å²) in [4.78, 5) is 12.2. The van der Waals surface area contributed by atoms with Crippen molar-refractivity contribution < 1.29 is 9.66 Å². The van der Waals surface area contributed by atoms with E-state index in [9.17, 15) is 10.1 Å². The van der Waals surface area contributed by atoms with Gasteiger partial charge in [-0.25, -0.2) is 0 Å². The molecule has 0 aliphatic rings. The number of nitro benzene ring substituents is 1. The summed E-state index contributed by atoms with van der Waals surface area (Å²) in [6.45, 7) is 7.10. The summed E-state index contributed by atoms with van der Waals surface area (Å²) in [7, 11) is 0. The molecule has 0 bridgehead atoms. The van der Waals surface area contributed by atoms with Crippen molar-refractivity contribution in [3.63, 3.8) is 0 Å². The molecule has 18 heavy (non-hydrogen) atoms. The third-order valence-corrected chi connectivity index (χ3v) is 2.95. The normalized spacial score (nSPS) is 9.94. The zero-order valence-electron chi connectivity index (χ0n) is 10.7. The Kier molecular flexibility index (Phi) is 5.03. The largest absolute Gasteiger partial charge is 0.432 e. The lowest BCUT2D eigenvalue weighted by Crippen LogP contribution is -2.32. The van der Waals surface area contributed by atoms with E-state index in [1.807, 2.05) is 18.7 Å². The van der Waals surface area contributed by atoms with Crippen LogP contribution in [0.25, 0.3) is 0 Å². The molecule has 0 aliphatic heterocycles. The molecule has 0 unspecified atom stereocenters. The van der Waals surface area contributed by atoms with Crippen LogP contribution in [0.2, 0.25) is 0 Å². The van der Waals surface area contributed by atoms with Crippen LogP contribution in [0, 0.1) is 17.0 Å². The van der Waals surface area contributed by atoms with Gasteiger partial charge in [-0.2, -0.15) is 0 Å². The molecule has 0 saturated heterocycles. The van der Waals surface area contributed by atoms with E-state index in [0.29, 0.717) is 16.5 Å². The number of thiocarbonyl (C=S) groups is 1. The minimum Gasteiger partial charge on any atom is -0.432 e. The van der Waals surface area contributed by atoms with Gasteiger partial charge in [-0.15, -0.1) is 0 Å². The first-order valence-electron chi connectivity index (χ1n) is 5.71. The van der Waals surface area contributed by atoms with Crippen LogP contribution in [0.1, 0.15) is 19.4 Å². The van der Waals surface area contributed by atoms with Gasteiger partial charge in [0, 0.05) is 18.7 Å². The monoisotopic (exact) mass is 268 g/mol. The molecule has 6 heteroatoms. The van der Waals surface area contributed by atoms with Crippen LogP contribution in [-0.2, 0) is 0 Å². The van der Waals surface area contributed by atoms with E-state index < -0.39 is 4.92 Å². The van der Waals surface area contributed by atoms with Gasteiger partial charge in [0.2, 0.25) is 0 Å². The van der Waals surface area contributed by atoms with Crippen LogP contribution in [0.5, 0.6) is 5.75 Å². The summed E-state index contributed by atoms with van der Waals surface area (Å²) >= 11 is 5.13. The van der Waals surface area contributed by atoms with Crippen molar-refractivity contribution in [2.45, 2.75) is 20.8 Å². The number of benzene rings is 1. The van der Waals surface area contributed by atoms with E-state index in [0.717, 1.165) is 13.1 Å². The predicted octanol–water partition coefficient (Wildman–Crippen LogP) is 2.91. The van der Waals surface area contributed by atoms with Gasteiger partial charge in [0.05, 0.1) is 11.0 Å². The number of nitrogens with zero attached hydrogens (tertiary/aromatic N) is 2. The van der Waals surface area contributed by atoms with Crippen LogP contribution < -0.4 is 4.74 Å². The van der Waals surface area contributed by atoms with Crippen molar-refractivity contribution in [3.8, 4) is 5.75 Å². The van der Waals surface area contributed by atoms with Gasteiger partial charge >= 0.3 is 0 Å². The second-order valence-corrected chi connectivity index (χ2v) is 4.09. The molecule has 1 aromatic rings. The summed E-state index contributed by atoms with van der Waals surface area (Å²) in [6, 6.07) is 4.72. The van der Waals surface area contributed by atoms with Crippen molar-refractivity contribution in [2.75, 3.05) is 13.1 Å². The smallest absolute Gasteiger partial charge is 0.276 e. The first-order valence-corrected chi connectivity index (χ1v) is 6.12. The fraction of sp³-hybridized carbons (Fsp3) is 0.417. The van der Waals surface area contributed by atoms with E-state index in [1.54, 1.807) is 19.1 Å². The molecule has 0 spiro atoms. The molecule has 0 aromatic heterocycles. The minimum atomic E-state index is -0.428. The highest BCUT2D eigenvalue weighted by molar-refractivity contribution is 7.80. The Morgan fingerprint density at radius 3 is 2.56 bits per heavy atom. The first-order chi connectivity index (χ1) is 8.49. The number of hydrogen-bond acceptors (Lipinski definition) is 4. The summed E-state index contributed by atoms with van der Waals surface area (Å²) in [5, 5.41) is 11.1. The molecule has 0 aliphatic carbocycles. The second kappa shape index (κ2) is 6.30. The van der Waals surface area contributed by atoms with Gasteiger partial charge in [0.15, 0.2) is 0 Å². The van der Waals surface area contributed by atoms with Crippen molar-refractivity contribution in [2.24, 2.45) is 0 Å². The van der Waals surface area contributed by atoms with Gasteiger partial charge in [-0.3, -0.25) is 10.1 Å². The number of ether oxygens (including phenoxy) is 1. The topological polar surface area (TPSA) is 55.6 Å². The molecule has 0 atom stereocenters. The Morgan fingerprint density at radius 1 is 1.44 bits per heavy atom. The van der Waals surface area contributed by atoms with Gasteiger partial charge in [-0.05, 0) is 45.1 Å². The zero-order valence-corrected chi connectivity index (χ0v) is 11.5. The van der Waals surface area contributed by atoms with Crippen LogP contribution in [0.15, 0.2) is 18.2 Å². The number of rotatable bonds is 4. The van der Waals surface area contributed by atoms with Crippen molar-refractivity contribution in [3.05, 3.63) is 33.9 Å². The van der Waals surface area contributed by atoms with Crippen LogP contribution in [0.4, 0.5) is 5.69 Å². The van der Waals surface area contributed by atoms with Crippen molar-refractivity contribution in [1.82, 2.24) is 4.90 Å². The molecule has 0 N–H and O–H groups in total. The quantitative estimate of drug-likeness (QED) is 0.477. The molecule has 0 saturated carbocycles. The lowest BCUT2D eigenvalue weighted by molar-refractivity contribution is -0.385. The van der Waals surface area contributed by atoms with Gasteiger partial charge in [-0.1, -0.05) is 0 Å². The molecule has 1 aromatic carbocycles. The maximum absolute atomic E-state index is 10.8. The average molecular weight is 268 g/mol. The van der Waals surface area contributed by atoms with Crippen LogP contribution in [0.3, 0.4) is 0 Å². The average Bonchev–Trinajstić information content (AvgIpc) is 2.32. The Labute approximate surface area is 112 Å². The second-order valence-electron chi connectivity index (χ2n) is 3.75. The lowest BCUT2D eigenvalue weighted by atomic mass is 10.2. The third kappa shape index (κ3) is 3.40. The van der Waals surface area contributed by atoms with Crippen LogP contribution in [-0.4, -0.2) is 28.1 Å². The van der Waals surface area contributed by atoms with Crippen molar-refractivity contribution >= 4 is 23.1 Å². The predicted molar refractivity (Wildman–Crippen MR) is 74.0 cm³/mol. The Hall–Kier alpha value is -1.69. The molecule has 5 nitrogen and oxygen atoms in total. The molecule has 0 heterocycles. The zero-order chi connectivity index (χ0) is 13.7. The highest BCUT2D eigenvalue weighted by Crippen LogP contribution is 2.24. The van der Waals surface area contributed by atoms with E-state index in [4.69, 9.17) is 17.0 Å². The fourth-order valence-electron chi connectivity index (χ4n) is 1.50. The van der Waals surface area contributed by atoms with E-state index in [1.165, 1.54) is 6.07 Å². The number of aryl methyl sites for hydroxylation is 1. The lowest BCUT2D eigenvalue weighted by Gasteiger charge is -2.21. The molecular weight excluding hydrogens is 252 g/mol. The Morgan fingerprint density at radius 2 is 2.06 bits per heavy atom. The Balaban J connectivity index is 2.89. The molecule has 1 rings (SSSR count). The molecule has 0 amide bonds. The highest BCUT2D eigenvalue weighted by atomic mass is 32.1. The maximum atomic E-state index is 10.8. The van der Waals surface area contributed by atoms with Crippen molar-refractivity contribution in [1.29, 1.82) is 0 Å². The SMILES string of the molecule is CCN(CC)C(=S)Oc1ccc(C)c([N+](=O)[O-])c1. The standard InChI is InChI=1S/C12H16N2O3S/c1-4-13(5-2)12(18)17-10-7-6-9(3)11(8-10)14(15)16/h6-8H,4-5H2,1-3H3. The summed E-state index contributed by atoms with van der Waals surface area (Å²) in [5.74, 6) is 0.393. The van der Waals surface area contributed by atoms with Gasteiger partial charge in [0.1, 0.15) is 5.75 Å². The van der Waals surface area contributed by atoms with E-state index >= 15 is 0 Å². The fourth-order valence-corrected chi connectivity index (χ4v) is 1.85. The van der Waals surface area contributed by atoms with Crippen LogP contribution >= 0.6 is 12.2 Å². The van der Waals surface area contributed by atoms with Gasteiger partial charge < -0.3 is 9.64 Å². The summed E-state index contributed by atoms with van der Waals surface area (Å²) < 4.78 is 5.46. The highest BCUT2D eigenvalue weighted by Gasteiger charge is 2.14. The molecule has 0 fully saturated rings. The summed E-state index contributed by atoms with van der Waals surface area (Å²) in [5.41, 5.74) is 0.635. The third-order valence-electron chi connectivity index (χ3n) is 2.60. The molecular formula is C12H16N2O3S. The number of hydrogen-bond donors (Lipinski definition) is 0. The van der Waals surface area contributed by atoms with Gasteiger partial charge in [0.25, 0.3) is 10.9 Å². The Bertz CT molecular complexity index is 459. The minimum absolute atomic E-state index is 0.0369. The van der Waals surface area contributed by atoms with E-state index in [2.05, 4.69) is 0 Å². The van der Waals surface area contributed by atoms with E-state index in [-0.39, 0.29) is 5.69 Å².